The van der Waals surface area contributed by atoms with Gasteiger partial charge < -0.3 is 9.73 Å². The molecular formula is C12H23N3O. The van der Waals surface area contributed by atoms with Crippen LogP contribution < -0.4 is 5.32 Å². The van der Waals surface area contributed by atoms with E-state index in [0.29, 0.717) is 0 Å². The van der Waals surface area contributed by atoms with Crippen molar-refractivity contribution < 1.29 is 4.42 Å². The van der Waals surface area contributed by atoms with E-state index in [2.05, 4.69) is 43.2 Å². The van der Waals surface area contributed by atoms with Crippen molar-refractivity contribution in [2.75, 3.05) is 13.1 Å². The Balaban J connectivity index is 2.34. The van der Waals surface area contributed by atoms with E-state index in [-0.39, 0.29) is 5.41 Å². The molecule has 1 rings (SSSR count). The Labute approximate surface area is 97.8 Å². The van der Waals surface area contributed by atoms with Gasteiger partial charge >= 0.3 is 0 Å². The minimum atomic E-state index is 0.202. The van der Waals surface area contributed by atoms with Crippen molar-refractivity contribution in [3.8, 4) is 0 Å². The van der Waals surface area contributed by atoms with Crippen molar-refractivity contribution in [1.29, 1.82) is 0 Å². The quantitative estimate of drug-likeness (QED) is 0.754. The Morgan fingerprint density at radius 1 is 1.19 bits per heavy atom. The molecular weight excluding hydrogens is 202 g/mol. The second-order valence-corrected chi connectivity index (χ2v) is 5.28. The first kappa shape index (κ1) is 13.2. The van der Waals surface area contributed by atoms with Gasteiger partial charge in [0.15, 0.2) is 0 Å². The molecule has 4 nitrogen and oxygen atoms in total. The van der Waals surface area contributed by atoms with Crippen LogP contribution >= 0.6 is 0 Å². The minimum Gasteiger partial charge on any atom is -0.425 e. The first-order valence-corrected chi connectivity index (χ1v) is 6.03. The van der Waals surface area contributed by atoms with Gasteiger partial charge in [0.2, 0.25) is 11.8 Å². The first-order valence-electron chi connectivity index (χ1n) is 6.03. The Morgan fingerprint density at radius 3 is 2.50 bits per heavy atom. The molecule has 0 bridgehead atoms. The number of rotatable bonds is 6. The highest BCUT2D eigenvalue weighted by Gasteiger charge is 2.16. The zero-order valence-electron chi connectivity index (χ0n) is 10.8. The summed E-state index contributed by atoms with van der Waals surface area (Å²) < 4.78 is 5.59. The molecule has 92 valence electrons. The van der Waals surface area contributed by atoms with E-state index >= 15 is 0 Å². The fraction of sp³-hybridized carbons (Fsp3) is 0.833. The van der Waals surface area contributed by atoms with E-state index in [9.17, 15) is 0 Å². The monoisotopic (exact) mass is 225 g/mol. The molecule has 1 aromatic heterocycles. The molecule has 0 amide bonds. The van der Waals surface area contributed by atoms with Gasteiger partial charge in [0.25, 0.3) is 0 Å². The SMILES string of the molecule is CCNCCCc1nnc(CC(C)(C)C)o1. The van der Waals surface area contributed by atoms with Crippen molar-refractivity contribution in [2.24, 2.45) is 5.41 Å². The molecule has 0 unspecified atom stereocenters. The molecule has 4 heteroatoms. The van der Waals surface area contributed by atoms with E-state index in [1.807, 2.05) is 0 Å². The van der Waals surface area contributed by atoms with Crippen LogP contribution in [0, 0.1) is 5.41 Å². The zero-order valence-corrected chi connectivity index (χ0v) is 10.8. The largest absolute Gasteiger partial charge is 0.425 e. The van der Waals surface area contributed by atoms with E-state index in [1.54, 1.807) is 0 Å². The zero-order chi connectivity index (χ0) is 12.0. The molecule has 1 N–H and O–H groups in total. The standard InChI is InChI=1S/C12H23N3O/c1-5-13-8-6-7-10-14-15-11(16-10)9-12(2,3)4/h13H,5-9H2,1-4H3. The molecule has 0 aliphatic heterocycles. The molecule has 16 heavy (non-hydrogen) atoms. The van der Waals surface area contributed by atoms with Gasteiger partial charge in [0.05, 0.1) is 0 Å². The maximum absolute atomic E-state index is 5.59. The topological polar surface area (TPSA) is 51.0 Å². The highest BCUT2D eigenvalue weighted by Crippen LogP contribution is 2.19. The Kier molecular flexibility index (Phi) is 4.93. The van der Waals surface area contributed by atoms with Crippen LogP contribution in [0.2, 0.25) is 0 Å². The first-order chi connectivity index (χ1) is 7.51. The number of nitrogens with one attached hydrogen (secondary N) is 1. The number of nitrogens with zero attached hydrogens (tertiary/aromatic N) is 2. The Morgan fingerprint density at radius 2 is 1.88 bits per heavy atom. The van der Waals surface area contributed by atoms with Crippen LogP contribution in [0.5, 0.6) is 0 Å². The molecule has 1 heterocycles. The van der Waals surface area contributed by atoms with E-state index in [4.69, 9.17) is 4.42 Å². The molecule has 0 spiro atoms. The average molecular weight is 225 g/mol. The Hall–Kier alpha value is -0.900. The van der Waals surface area contributed by atoms with E-state index in [0.717, 1.165) is 44.1 Å². The number of aromatic nitrogens is 2. The number of aryl methyl sites for hydroxylation is 1. The second kappa shape index (κ2) is 5.99. The lowest BCUT2D eigenvalue weighted by atomic mass is 9.92. The highest BCUT2D eigenvalue weighted by atomic mass is 16.4. The molecule has 0 fully saturated rings. The average Bonchev–Trinajstić information content (AvgIpc) is 2.58. The van der Waals surface area contributed by atoms with Crippen molar-refractivity contribution in [3.05, 3.63) is 11.8 Å². The lowest BCUT2D eigenvalue weighted by molar-refractivity contribution is 0.344. The van der Waals surface area contributed by atoms with Gasteiger partial charge in [-0.15, -0.1) is 10.2 Å². The lowest BCUT2D eigenvalue weighted by Gasteiger charge is -2.14. The minimum absolute atomic E-state index is 0.202. The van der Waals surface area contributed by atoms with Gasteiger partial charge in [-0.25, -0.2) is 0 Å². The molecule has 0 atom stereocenters. The fourth-order valence-electron chi connectivity index (χ4n) is 1.46. The third-order valence-corrected chi connectivity index (χ3v) is 2.18. The van der Waals surface area contributed by atoms with Gasteiger partial charge in [0, 0.05) is 12.8 Å². The highest BCUT2D eigenvalue weighted by molar-refractivity contribution is 4.86. The van der Waals surface area contributed by atoms with Gasteiger partial charge in [-0.3, -0.25) is 0 Å². The van der Waals surface area contributed by atoms with Crippen molar-refractivity contribution in [2.45, 2.75) is 47.0 Å². The van der Waals surface area contributed by atoms with Crippen LogP contribution in [0.25, 0.3) is 0 Å². The van der Waals surface area contributed by atoms with Crippen molar-refractivity contribution in [1.82, 2.24) is 15.5 Å². The number of hydrogen-bond donors (Lipinski definition) is 1. The van der Waals surface area contributed by atoms with Crippen LogP contribution in [-0.2, 0) is 12.8 Å². The summed E-state index contributed by atoms with van der Waals surface area (Å²) >= 11 is 0. The van der Waals surface area contributed by atoms with E-state index < -0.39 is 0 Å². The maximum atomic E-state index is 5.59. The summed E-state index contributed by atoms with van der Waals surface area (Å²) in [4.78, 5) is 0. The third kappa shape index (κ3) is 5.26. The third-order valence-electron chi connectivity index (χ3n) is 2.18. The van der Waals surface area contributed by atoms with Crippen LogP contribution in [0.3, 0.4) is 0 Å². The summed E-state index contributed by atoms with van der Waals surface area (Å²) in [5, 5.41) is 11.4. The van der Waals surface area contributed by atoms with Crippen molar-refractivity contribution in [3.63, 3.8) is 0 Å². The smallest absolute Gasteiger partial charge is 0.217 e. The van der Waals surface area contributed by atoms with Crippen molar-refractivity contribution >= 4 is 0 Å². The molecule has 0 aromatic carbocycles. The van der Waals surface area contributed by atoms with Gasteiger partial charge in [-0.1, -0.05) is 27.7 Å². The summed E-state index contributed by atoms with van der Waals surface area (Å²) in [5.41, 5.74) is 0.202. The van der Waals surface area contributed by atoms with Crippen LogP contribution in [0.1, 0.15) is 45.9 Å². The van der Waals surface area contributed by atoms with Gasteiger partial charge in [0.1, 0.15) is 0 Å². The molecule has 1 aromatic rings. The number of hydrogen-bond acceptors (Lipinski definition) is 4. The normalized spacial score (nSPS) is 12.0. The molecule has 0 aliphatic carbocycles. The maximum Gasteiger partial charge on any atom is 0.217 e. The Bertz CT molecular complexity index is 301. The van der Waals surface area contributed by atoms with Gasteiger partial charge in [-0.05, 0) is 24.9 Å². The summed E-state index contributed by atoms with van der Waals surface area (Å²) in [6.45, 7) is 10.6. The van der Waals surface area contributed by atoms with Crippen LogP contribution in [0.15, 0.2) is 4.42 Å². The second-order valence-electron chi connectivity index (χ2n) is 5.28. The summed E-state index contributed by atoms with van der Waals surface area (Å²) in [7, 11) is 0. The molecule has 0 saturated heterocycles. The predicted octanol–water partition coefficient (Wildman–Crippen LogP) is 2.20. The van der Waals surface area contributed by atoms with Gasteiger partial charge in [-0.2, -0.15) is 0 Å². The van der Waals surface area contributed by atoms with Crippen LogP contribution in [0.4, 0.5) is 0 Å². The van der Waals surface area contributed by atoms with Crippen LogP contribution in [-0.4, -0.2) is 23.3 Å². The molecule has 0 aliphatic rings. The summed E-state index contributed by atoms with van der Waals surface area (Å²) in [5.74, 6) is 1.52. The molecule has 0 radical (unpaired) electrons. The lowest BCUT2D eigenvalue weighted by Crippen LogP contribution is -2.14. The summed E-state index contributed by atoms with van der Waals surface area (Å²) in [6.07, 6.45) is 2.75. The molecule has 0 saturated carbocycles. The predicted molar refractivity (Wildman–Crippen MR) is 64.3 cm³/mol. The van der Waals surface area contributed by atoms with E-state index in [1.165, 1.54) is 0 Å². The summed E-state index contributed by atoms with van der Waals surface area (Å²) in [6, 6.07) is 0. The fourth-order valence-corrected chi connectivity index (χ4v) is 1.46.